The molecule has 1 aromatic carbocycles. The van der Waals surface area contributed by atoms with Gasteiger partial charge in [-0.05, 0) is 18.2 Å². The molecule has 6 heteroatoms. The summed E-state index contributed by atoms with van der Waals surface area (Å²) >= 11 is 0. The van der Waals surface area contributed by atoms with Crippen molar-refractivity contribution in [1.82, 2.24) is 15.0 Å². The molecule has 3 heterocycles. The van der Waals surface area contributed by atoms with Gasteiger partial charge in [-0.15, -0.1) is 0 Å². The highest BCUT2D eigenvalue weighted by Crippen LogP contribution is 2.23. The Morgan fingerprint density at radius 2 is 1.70 bits per heavy atom. The number of aromatic nitrogens is 3. The van der Waals surface area contributed by atoms with E-state index in [9.17, 15) is 4.79 Å². The molecule has 0 saturated heterocycles. The van der Waals surface area contributed by atoms with E-state index in [2.05, 4.69) is 15.0 Å². The predicted molar refractivity (Wildman–Crippen MR) is 103 cm³/mol. The number of anilines is 1. The smallest absolute Gasteiger partial charge is 0.359 e. The first-order valence-electron chi connectivity index (χ1n) is 8.39. The maximum Gasteiger partial charge on any atom is 0.359 e. The van der Waals surface area contributed by atoms with Crippen LogP contribution in [0.5, 0.6) is 0 Å². The summed E-state index contributed by atoms with van der Waals surface area (Å²) in [5.74, 6) is -0.563. The topological polar surface area (TPSA) is 91.0 Å². The Kier molecular flexibility index (Phi) is 4.45. The van der Waals surface area contributed by atoms with Gasteiger partial charge in [-0.3, -0.25) is 9.97 Å². The van der Waals surface area contributed by atoms with E-state index in [-0.39, 0.29) is 12.3 Å². The Hall–Kier alpha value is -3.80. The second-order valence-corrected chi connectivity index (χ2v) is 5.95. The summed E-state index contributed by atoms with van der Waals surface area (Å²) in [6.07, 6.45) is 4.99. The lowest BCUT2D eigenvalue weighted by Crippen LogP contribution is -2.11. The third-order valence-electron chi connectivity index (χ3n) is 4.15. The quantitative estimate of drug-likeness (QED) is 0.562. The van der Waals surface area contributed by atoms with Crippen molar-refractivity contribution in [1.29, 1.82) is 0 Å². The first-order valence-corrected chi connectivity index (χ1v) is 8.39. The molecule has 0 saturated carbocycles. The lowest BCUT2D eigenvalue weighted by atomic mass is 10.1. The second kappa shape index (κ2) is 7.21. The Balaban J connectivity index is 1.47. The molecule has 27 heavy (non-hydrogen) atoms. The van der Waals surface area contributed by atoms with E-state index in [1.54, 1.807) is 18.6 Å². The molecule has 3 aromatic heterocycles. The Morgan fingerprint density at radius 3 is 2.48 bits per heavy atom. The molecule has 0 radical (unpaired) electrons. The summed E-state index contributed by atoms with van der Waals surface area (Å²) in [7, 11) is 0. The molecule has 0 bridgehead atoms. The van der Waals surface area contributed by atoms with Crippen LogP contribution < -0.4 is 5.73 Å². The van der Waals surface area contributed by atoms with Gasteiger partial charge < -0.3 is 10.5 Å². The van der Waals surface area contributed by atoms with Crippen molar-refractivity contribution in [3.8, 4) is 11.4 Å². The van der Waals surface area contributed by atoms with Gasteiger partial charge in [-0.1, -0.05) is 36.4 Å². The van der Waals surface area contributed by atoms with Crippen LogP contribution in [0.3, 0.4) is 0 Å². The highest BCUT2D eigenvalue weighted by molar-refractivity contribution is 6.03. The van der Waals surface area contributed by atoms with Gasteiger partial charge in [-0.25, -0.2) is 9.78 Å². The minimum Gasteiger partial charge on any atom is -0.456 e. The maximum absolute atomic E-state index is 12.4. The molecular formula is C21H16N4O2. The van der Waals surface area contributed by atoms with Crippen LogP contribution in [0.2, 0.25) is 0 Å². The summed E-state index contributed by atoms with van der Waals surface area (Å²) < 4.78 is 5.35. The van der Waals surface area contributed by atoms with Gasteiger partial charge in [0.05, 0.1) is 17.1 Å². The average Bonchev–Trinajstić information content (AvgIpc) is 2.73. The van der Waals surface area contributed by atoms with Crippen molar-refractivity contribution >= 4 is 22.4 Å². The summed E-state index contributed by atoms with van der Waals surface area (Å²) in [6, 6.07) is 16.8. The van der Waals surface area contributed by atoms with E-state index in [0.29, 0.717) is 5.69 Å². The third-order valence-corrected chi connectivity index (χ3v) is 4.15. The Morgan fingerprint density at radius 1 is 0.889 bits per heavy atom. The predicted octanol–water partition coefficient (Wildman–Crippen LogP) is 3.63. The van der Waals surface area contributed by atoms with Crippen molar-refractivity contribution in [3.05, 3.63) is 84.4 Å². The van der Waals surface area contributed by atoms with Crippen LogP contribution in [0.1, 0.15) is 16.1 Å². The fraction of sp³-hybridized carbons (Fsp3) is 0.0476. The van der Waals surface area contributed by atoms with Gasteiger partial charge in [0.15, 0.2) is 5.69 Å². The highest BCUT2D eigenvalue weighted by Gasteiger charge is 2.15. The summed E-state index contributed by atoms with van der Waals surface area (Å²) in [4.78, 5) is 25.1. The van der Waals surface area contributed by atoms with Crippen molar-refractivity contribution in [2.45, 2.75) is 6.61 Å². The molecule has 0 aliphatic carbocycles. The van der Waals surface area contributed by atoms with Gasteiger partial charge >= 0.3 is 5.97 Å². The van der Waals surface area contributed by atoms with Crippen molar-refractivity contribution in [2.24, 2.45) is 0 Å². The van der Waals surface area contributed by atoms with Crippen LogP contribution in [0, 0.1) is 0 Å². The standard InChI is InChI=1S/C21H16N4O2/c22-19-16-6-2-1-5-15(16)12-25-20(19)21(26)27-13-14-8-9-18(24-11-14)17-7-3-4-10-23-17/h1-12H,13,22H2. The van der Waals surface area contributed by atoms with E-state index in [0.717, 1.165) is 27.7 Å². The number of nitrogens with zero attached hydrogens (tertiary/aromatic N) is 3. The molecule has 0 aliphatic rings. The molecule has 0 aliphatic heterocycles. The summed E-state index contributed by atoms with van der Waals surface area (Å²) in [5, 5.41) is 1.65. The molecule has 4 aromatic rings. The first-order chi connectivity index (χ1) is 13.2. The largest absolute Gasteiger partial charge is 0.456 e. The number of carbonyl (C=O) groups is 1. The number of rotatable bonds is 4. The molecule has 0 amide bonds. The van der Waals surface area contributed by atoms with Crippen LogP contribution in [-0.4, -0.2) is 20.9 Å². The number of fused-ring (bicyclic) bond motifs is 1. The van der Waals surface area contributed by atoms with E-state index >= 15 is 0 Å². The molecule has 4 rings (SSSR count). The number of ether oxygens (including phenoxy) is 1. The number of nitrogen functional groups attached to an aromatic ring is 1. The molecule has 132 valence electrons. The van der Waals surface area contributed by atoms with Crippen LogP contribution >= 0.6 is 0 Å². The Bertz CT molecular complexity index is 1100. The number of carbonyl (C=O) groups excluding carboxylic acids is 1. The molecule has 0 unspecified atom stereocenters. The normalized spacial score (nSPS) is 10.7. The molecule has 0 atom stereocenters. The van der Waals surface area contributed by atoms with Crippen LogP contribution in [0.4, 0.5) is 5.69 Å². The lowest BCUT2D eigenvalue weighted by molar-refractivity contribution is 0.0467. The minimum atomic E-state index is -0.563. The van der Waals surface area contributed by atoms with Gasteiger partial charge in [0.2, 0.25) is 0 Å². The van der Waals surface area contributed by atoms with Crippen LogP contribution in [0.15, 0.2) is 73.2 Å². The van der Waals surface area contributed by atoms with Gasteiger partial charge in [0, 0.05) is 34.9 Å². The van der Waals surface area contributed by atoms with Gasteiger partial charge in [0.25, 0.3) is 0 Å². The van der Waals surface area contributed by atoms with Crippen LogP contribution in [0.25, 0.3) is 22.2 Å². The van der Waals surface area contributed by atoms with E-state index in [1.165, 1.54) is 0 Å². The summed E-state index contributed by atoms with van der Waals surface area (Å²) in [5.41, 5.74) is 8.84. The second-order valence-electron chi connectivity index (χ2n) is 5.95. The average molecular weight is 356 g/mol. The molecule has 0 fully saturated rings. The number of hydrogen-bond donors (Lipinski definition) is 1. The molecule has 6 nitrogen and oxygen atoms in total. The SMILES string of the molecule is Nc1c(C(=O)OCc2ccc(-c3ccccn3)nc2)ncc2ccccc12. The van der Waals surface area contributed by atoms with Gasteiger partial charge in [0.1, 0.15) is 6.61 Å². The fourth-order valence-electron chi connectivity index (χ4n) is 2.74. The van der Waals surface area contributed by atoms with Gasteiger partial charge in [-0.2, -0.15) is 0 Å². The fourth-order valence-corrected chi connectivity index (χ4v) is 2.74. The Labute approximate surface area is 155 Å². The monoisotopic (exact) mass is 356 g/mol. The maximum atomic E-state index is 12.4. The number of benzene rings is 1. The summed E-state index contributed by atoms with van der Waals surface area (Å²) in [6.45, 7) is 0.0856. The van der Waals surface area contributed by atoms with E-state index in [4.69, 9.17) is 10.5 Å². The molecule has 2 N–H and O–H groups in total. The zero-order valence-electron chi connectivity index (χ0n) is 14.4. The highest BCUT2D eigenvalue weighted by atomic mass is 16.5. The number of nitrogens with two attached hydrogens (primary N) is 1. The zero-order chi connectivity index (χ0) is 18.6. The van der Waals surface area contributed by atoms with Crippen molar-refractivity contribution in [3.63, 3.8) is 0 Å². The number of esters is 1. The molecule has 0 spiro atoms. The zero-order valence-corrected chi connectivity index (χ0v) is 14.4. The third kappa shape index (κ3) is 3.46. The van der Waals surface area contributed by atoms with Crippen molar-refractivity contribution in [2.75, 3.05) is 5.73 Å². The molecular weight excluding hydrogens is 340 g/mol. The van der Waals surface area contributed by atoms with Crippen molar-refractivity contribution < 1.29 is 9.53 Å². The van der Waals surface area contributed by atoms with E-state index in [1.807, 2.05) is 54.6 Å². The minimum absolute atomic E-state index is 0.0856. The number of pyridine rings is 3. The first kappa shape index (κ1) is 16.7. The lowest BCUT2D eigenvalue weighted by Gasteiger charge is -2.09. The van der Waals surface area contributed by atoms with E-state index < -0.39 is 5.97 Å². The number of hydrogen-bond acceptors (Lipinski definition) is 6. The van der Waals surface area contributed by atoms with Crippen LogP contribution in [-0.2, 0) is 11.3 Å².